The lowest BCUT2D eigenvalue weighted by atomic mass is 9.57. The zero-order valence-electron chi connectivity index (χ0n) is 12.9. The summed E-state index contributed by atoms with van der Waals surface area (Å²) < 4.78 is 5.46. The molecular formula is C17H24N2O3. The fourth-order valence-electron chi connectivity index (χ4n) is 4.35. The van der Waals surface area contributed by atoms with Crippen molar-refractivity contribution >= 4 is 5.97 Å². The fraction of sp³-hybridized carbons (Fsp3) is 0.765. The van der Waals surface area contributed by atoms with Gasteiger partial charge in [0.05, 0.1) is 11.1 Å². The molecule has 120 valence electrons. The van der Waals surface area contributed by atoms with Crippen LogP contribution < -0.4 is 5.32 Å². The van der Waals surface area contributed by atoms with Gasteiger partial charge in [-0.25, -0.2) is 0 Å². The van der Waals surface area contributed by atoms with Crippen LogP contribution in [0.15, 0.2) is 10.6 Å². The van der Waals surface area contributed by atoms with Crippen molar-refractivity contribution in [3.05, 3.63) is 17.5 Å². The van der Waals surface area contributed by atoms with E-state index in [0.29, 0.717) is 5.92 Å². The maximum absolute atomic E-state index is 11.5. The summed E-state index contributed by atoms with van der Waals surface area (Å²) in [5.41, 5.74) is 0.665. The molecule has 0 radical (unpaired) electrons. The Morgan fingerprint density at radius 1 is 1.27 bits per heavy atom. The van der Waals surface area contributed by atoms with E-state index >= 15 is 0 Å². The van der Waals surface area contributed by atoms with Crippen LogP contribution >= 0.6 is 0 Å². The van der Waals surface area contributed by atoms with E-state index in [1.165, 1.54) is 19.3 Å². The van der Waals surface area contributed by atoms with Crippen LogP contribution in [0, 0.1) is 5.41 Å². The molecule has 4 aliphatic rings. The molecule has 1 heterocycles. The van der Waals surface area contributed by atoms with Crippen LogP contribution in [0.1, 0.15) is 75.2 Å². The number of carboxylic acid groups (broad SMARTS) is 1. The molecule has 5 rings (SSSR count). The van der Waals surface area contributed by atoms with Crippen molar-refractivity contribution in [2.24, 2.45) is 5.41 Å². The molecule has 0 spiro atoms. The smallest absolute Gasteiger partial charge is 0.309 e. The summed E-state index contributed by atoms with van der Waals surface area (Å²) in [6.45, 7) is 0.732. The SMILES string of the molecule is O=C(O)C12CCC(NCc3cc(C4CCC4)on3)(CC1)CC2. The van der Waals surface area contributed by atoms with E-state index in [0.717, 1.165) is 56.5 Å². The molecule has 4 fully saturated rings. The largest absolute Gasteiger partial charge is 0.481 e. The maximum Gasteiger partial charge on any atom is 0.309 e. The molecule has 0 saturated heterocycles. The standard InChI is InChI=1S/C17H24N2O3/c20-15(21)16-4-7-17(8-5-16,9-6-16)18-11-13-10-14(22-19-13)12-2-1-3-12/h10,12,18H,1-9,11H2,(H,20,21). The van der Waals surface area contributed by atoms with Crippen molar-refractivity contribution < 1.29 is 14.4 Å². The average Bonchev–Trinajstić information content (AvgIpc) is 2.94. The minimum absolute atomic E-state index is 0.118. The number of aliphatic carboxylic acids is 1. The first-order valence-electron chi connectivity index (χ1n) is 8.55. The summed E-state index contributed by atoms with van der Waals surface area (Å²) in [5, 5.41) is 17.3. The van der Waals surface area contributed by atoms with Crippen LogP contribution in [0.3, 0.4) is 0 Å². The van der Waals surface area contributed by atoms with Crippen molar-refractivity contribution in [2.45, 2.75) is 75.8 Å². The van der Waals surface area contributed by atoms with Crippen LogP contribution in [0.4, 0.5) is 0 Å². The molecule has 0 atom stereocenters. The lowest BCUT2D eigenvalue weighted by Gasteiger charge is -2.51. The first-order chi connectivity index (χ1) is 10.6. The molecule has 22 heavy (non-hydrogen) atoms. The Kier molecular flexibility index (Phi) is 3.29. The molecule has 4 aliphatic carbocycles. The van der Waals surface area contributed by atoms with Gasteiger partial charge in [-0.1, -0.05) is 11.6 Å². The number of aromatic nitrogens is 1. The highest BCUT2D eigenvalue weighted by atomic mass is 16.5. The number of rotatable bonds is 5. The summed E-state index contributed by atoms with van der Waals surface area (Å²) in [7, 11) is 0. The van der Waals surface area contributed by atoms with E-state index in [2.05, 4.69) is 16.5 Å². The highest BCUT2D eigenvalue weighted by molar-refractivity contribution is 5.75. The van der Waals surface area contributed by atoms with Gasteiger partial charge in [0.2, 0.25) is 0 Å². The number of hydrogen-bond donors (Lipinski definition) is 2. The molecule has 2 N–H and O–H groups in total. The molecule has 5 nitrogen and oxygen atoms in total. The summed E-state index contributed by atoms with van der Waals surface area (Å²) in [6, 6.07) is 2.10. The van der Waals surface area contributed by atoms with Crippen LogP contribution in [0.2, 0.25) is 0 Å². The summed E-state index contributed by atoms with van der Waals surface area (Å²) >= 11 is 0. The Hall–Kier alpha value is -1.36. The normalized spacial score (nSPS) is 34.5. The van der Waals surface area contributed by atoms with Gasteiger partial charge in [0.15, 0.2) is 0 Å². The van der Waals surface area contributed by atoms with E-state index in [-0.39, 0.29) is 5.54 Å². The monoisotopic (exact) mass is 304 g/mol. The fourth-order valence-corrected chi connectivity index (χ4v) is 4.35. The third kappa shape index (κ3) is 2.26. The molecule has 2 bridgehead atoms. The Morgan fingerprint density at radius 3 is 2.50 bits per heavy atom. The summed E-state index contributed by atoms with van der Waals surface area (Å²) in [5.74, 6) is 1.03. The van der Waals surface area contributed by atoms with E-state index in [4.69, 9.17) is 4.52 Å². The zero-order valence-corrected chi connectivity index (χ0v) is 12.9. The Balaban J connectivity index is 1.36. The van der Waals surface area contributed by atoms with Gasteiger partial charge in [0.25, 0.3) is 0 Å². The number of carbonyl (C=O) groups is 1. The second-order valence-electron chi connectivity index (χ2n) is 7.57. The number of carboxylic acids is 1. The minimum Gasteiger partial charge on any atom is -0.481 e. The maximum atomic E-state index is 11.5. The minimum atomic E-state index is -0.595. The number of nitrogens with one attached hydrogen (secondary N) is 1. The molecule has 0 amide bonds. The van der Waals surface area contributed by atoms with Crippen molar-refractivity contribution in [1.82, 2.24) is 10.5 Å². The highest BCUT2D eigenvalue weighted by Gasteiger charge is 2.52. The van der Waals surface area contributed by atoms with Gasteiger partial charge < -0.3 is 14.9 Å². The van der Waals surface area contributed by atoms with E-state index in [1.807, 2.05) is 0 Å². The molecule has 1 aromatic heterocycles. The Labute approximate surface area is 130 Å². The van der Waals surface area contributed by atoms with Crippen LogP contribution in [-0.4, -0.2) is 21.8 Å². The van der Waals surface area contributed by atoms with Crippen molar-refractivity contribution in [3.8, 4) is 0 Å². The molecule has 0 aliphatic heterocycles. The second-order valence-corrected chi connectivity index (χ2v) is 7.57. The van der Waals surface area contributed by atoms with E-state index in [1.54, 1.807) is 0 Å². The van der Waals surface area contributed by atoms with Gasteiger partial charge in [0.1, 0.15) is 5.76 Å². The Bertz CT molecular complexity index is 552. The number of nitrogens with zero attached hydrogens (tertiary/aromatic N) is 1. The third-order valence-corrected chi connectivity index (χ3v) is 6.43. The topological polar surface area (TPSA) is 75.4 Å². The Morgan fingerprint density at radius 2 is 1.95 bits per heavy atom. The molecule has 1 aromatic rings. The van der Waals surface area contributed by atoms with Gasteiger partial charge in [-0.05, 0) is 51.4 Å². The average molecular weight is 304 g/mol. The van der Waals surface area contributed by atoms with Crippen molar-refractivity contribution in [2.75, 3.05) is 0 Å². The molecule has 4 saturated carbocycles. The van der Waals surface area contributed by atoms with Gasteiger partial charge >= 0.3 is 5.97 Å². The summed E-state index contributed by atoms with van der Waals surface area (Å²) in [6.07, 6.45) is 9.07. The third-order valence-electron chi connectivity index (χ3n) is 6.43. The van der Waals surface area contributed by atoms with E-state index in [9.17, 15) is 9.90 Å². The molecule has 5 heteroatoms. The highest BCUT2D eigenvalue weighted by Crippen LogP contribution is 2.52. The lowest BCUT2D eigenvalue weighted by Crippen LogP contribution is -2.56. The van der Waals surface area contributed by atoms with Gasteiger partial charge in [0, 0.05) is 24.1 Å². The van der Waals surface area contributed by atoms with Crippen LogP contribution in [0.25, 0.3) is 0 Å². The van der Waals surface area contributed by atoms with E-state index < -0.39 is 11.4 Å². The summed E-state index contributed by atoms with van der Waals surface area (Å²) in [4.78, 5) is 11.5. The quantitative estimate of drug-likeness (QED) is 0.873. The zero-order chi connectivity index (χ0) is 15.2. The number of hydrogen-bond acceptors (Lipinski definition) is 4. The second kappa shape index (κ2) is 5.08. The first-order valence-corrected chi connectivity index (χ1v) is 8.55. The lowest BCUT2D eigenvalue weighted by molar-refractivity contribution is -0.156. The van der Waals surface area contributed by atoms with Crippen molar-refractivity contribution in [3.63, 3.8) is 0 Å². The van der Waals surface area contributed by atoms with Gasteiger partial charge in [-0.2, -0.15) is 0 Å². The molecular weight excluding hydrogens is 280 g/mol. The predicted molar refractivity (Wildman–Crippen MR) is 80.4 cm³/mol. The predicted octanol–water partition coefficient (Wildman–Crippen LogP) is 3.21. The molecule has 0 aromatic carbocycles. The molecule has 0 unspecified atom stereocenters. The van der Waals surface area contributed by atoms with Crippen molar-refractivity contribution in [1.29, 1.82) is 0 Å². The number of fused-ring (bicyclic) bond motifs is 3. The first kappa shape index (κ1) is 14.2. The van der Waals surface area contributed by atoms with Gasteiger partial charge in [-0.15, -0.1) is 0 Å². The van der Waals surface area contributed by atoms with Crippen LogP contribution in [-0.2, 0) is 11.3 Å². The van der Waals surface area contributed by atoms with Gasteiger partial charge in [-0.3, -0.25) is 4.79 Å². The van der Waals surface area contributed by atoms with Crippen LogP contribution in [0.5, 0.6) is 0 Å².